The molecule has 4 unspecified atom stereocenters. The molecule has 2 aliphatic heterocycles. The Hall–Kier alpha value is -4.27. The number of nitrogens with one attached hydrogen (secondary N) is 2. The van der Waals surface area contributed by atoms with E-state index in [1.54, 1.807) is 11.8 Å². The van der Waals surface area contributed by atoms with Crippen molar-refractivity contribution in [3.8, 4) is 5.75 Å². The highest BCUT2D eigenvalue weighted by molar-refractivity contribution is 9.10. The first-order valence-electron chi connectivity index (χ1n) is 15.4. The second-order valence-corrected chi connectivity index (χ2v) is 15.7. The Bertz CT molecular complexity index is 2080. The Morgan fingerprint density at radius 3 is 2.52 bits per heavy atom. The zero-order valence-electron chi connectivity index (χ0n) is 25.3. The van der Waals surface area contributed by atoms with E-state index < -0.39 is 16.8 Å². The molecule has 3 fully saturated rings. The topological polar surface area (TPSA) is 152 Å². The summed E-state index contributed by atoms with van der Waals surface area (Å²) in [5.41, 5.74) is 2.63. The first-order chi connectivity index (χ1) is 23.1. The minimum Gasteiger partial charge on any atom is -0.483 e. The second-order valence-electron chi connectivity index (χ2n) is 12.6. The van der Waals surface area contributed by atoms with Crippen LogP contribution in [0.1, 0.15) is 28.3 Å². The molecule has 48 heavy (non-hydrogen) atoms. The molecular formula is C34H27BrN4O7S2. The Balaban J connectivity index is 1.13. The van der Waals surface area contributed by atoms with E-state index in [2.05, 4.69) is 26.2 Å². The lowest BCUT2D eigenvalue weighted by Gasteiger charge is -2.43. The van der Waals surface area contributed by atoms with Crippen molar-refractivity contribution >= 4 is 73.8 Å². The van der Waals surface area contributed by atoms with Gasteiger partial charge in [-0.3, -0.25) is 34.2 Å². The van der Waals surface area contributed by atoms with Crippen LogP contribution in [0.2, 0.25) is 0 Å². The van der Waals surface area contributed by atoms with E-state index in [1.165, 1.54) is 29.2 Å². The third-order valence-corrected chi connectivity index (χ3v) is 13.2. The number of aromatic amines is 1. The van der Waals surface area contributed by atoms with Gasteiger partial charge < -0.3 is 15.0 Å². The molecule has 2 saturated carbocycles. The molecule has 2 aliphatic carbocycles. The number of nitrogens with zero attached hydrogens (tertiary/aromatic N) is 2. The van der Waals surface area contributed by atoms with Gasteiger partial charge in [0.1, 0.15) is 5.75 Å². The van der Waals surface area contributed by atoms with Gasteiger partial charge >= 0.3 is 4.87 Å². The number of nitro benzene ring substituents is 1. The predicted octanol–water partition coefficient (Wildman–Crippen LogP) is 6.11. The van der Waals surface area contributed by atoms with Gasteiger partial charge in [0.05, 0.1) is 27.5 Å². The number of halogens is 1. The van der Waals surface area contributed by atoms with Crippen LogP contribution in [0.5, 0.6) is 5.75 Å². The third-order valence-electron chi connectivity index (χ3n) is 10.1. The van der Waals surface area contributed by atoms with Gasteiger partial charge in [0.15, 0.2) is 6.61 Å². The zero-order valence-corrected chi connectivity index (χ0v) is 28.5. The molecule has 4 aromatic rings. The first-order valence-corrected chi connectivity index (χ1v) is 17.9. The standard InChI is InChI=1S/C34H27BrN4O7S2/c1-15-4-2-3-5-22(15)36-24(40)14-46-23-11-6-16(35)12-19(23)25-26-20-13-21(29(26)47-31-30(25)48-34(43)37-31)28-27(20)32(41)38(33(28)42)17-7-9-18(10-8-17)39(44)45/h2-12,20-21,25-29H,13-14H2,1H3,(H,36,40)(H,37,43)/t20-,21-,25-,26?,27?,28?,29?/m1/s1. The molecule has 0 spiro atoms. The molecule has 4 aliphatic rings. The number of nitro groups is 1. The number of carbonyl (C=O) groups is 3. The number of non-ortho nitro benzene ring substituents is 1. The van der Waals surface area contributed by atoms with E-state index in [-0.39, 0.29) is 63.8 Å². The van der Waals surface area contributed by atoms with Gasteiger partial charge in [-0.2, -0.15) is 0 Å². The van der Waals surface area contributed by atoms with E-state index >= 15 is 0 Å². The molecule has 7 atom stereocenters. The summed E-state index contributed by atoms with van der Waals surface area (Å²) in [6, 6.07) is 18.6. The van der Waals surface area contributed by atoms with Crippen molar-refractivity contribution in [1.82, 2.24) is 4.98 Å². The van der Waals surface area contributed by atoms with Crippen LogP contribution < -0.4 is 19.8 Å². The number of thioether (sulfide) groups is 1. The number of aromatic nitrogens is 1. The summed E-state index contributed by atoms with van der Waals surface area (Å²) in [5, 5.41) is 14.8. The molecule has 1 aromatic heterocycles. The van der Waals surface area contributed by atoms with Gasteiger partial charge in [-0.1, -0.05) is 45.5 Å². The quantitative estimate of drug-likeness (QED) is 0.131. The fourth-order valence-electron chi connectivity index (χ4n) is 8.28. The molecule has 8 rings (SSSR count). The van der Waals surface area contributed by atoms with Gasteiger partial charge in [0.25, 0.3) is 11.6 Å². The SMILES string of the molecule is Cc1ccccc1NC(=O)COc1ccc(Br)cc1[C@H]1c2sc(=O)[nH]c2SC2C1[C@H]1C[C@@H]2C2C(=O)N(c3ccc([N+](=O)[O-])cc3)C(=O)C21. The average molecular weight is 748 g/mol. The molecule has 3 heterocycles. The largest absolute Gasteiger partial charge is 0.483 e. The van der Waals surface area contributed by atoms with Crippen LogP contribution in [0.3, 0.4) is 0 Å². The number of aryl methyl sites for hydroxylation is 1. The van der Waals surface area contributed by atoms with Crippen LogP contribution in [0.4, 0.5) is 17.1 Å². The summed E-state index contributed by atoms with van der Waals surface area (Å²) < 4.78 is 6.99. The van der Waals surface area contributed by atoms with E-state index in [1.807, 2.05) is 49.4 Å². The Morgan fingerprint density at radius 1 is 1.06 bits per heavy atom. The molecule has 11 nitrogen and oxygen atoms in total. The smallest absolute Gasteiger partial charge is 0.305 e. The van der Waals surface area contributed by atoms with Crippen molar-refractivity contribution in [2.24, 2.45) is 29.6 Å². The maximum atomic E-state index is 14.1. The Morgan fingerprint density at radius 2 is 1.79 bits per heavy atom. The lowest BCUT2D eigenvalue weighted by Crippen LogP contribution is -2.42. The van der Waals surface area contributed by atoms with Gasteiger partial charge in [-0.05, 0) is 73.1 Å². The number of hydrogen-bond donors (Lipinski definition) is 2. The molecular weight excluding hydrogens is 720 g/mol. The third kappa shape index (κ3) is 4.91. The second kappa shape index (κ2) is 11.7. The van der Waals surface area contributed by atoms with Crippen molar-refractivity contribution in [2.75, 3.05) is 16.8 Å². The lowest BCUT2D eigenvalue weighted by atomic mass is 9.68. The molecule has 0 radical (unpaired) electrons. The van der Waals surface area contributed by atoms with E-state index in [9.17, 15) is 29.3 Å². The zero-order chi connectivity index (χ0) is 33.4. The summed E-state index contributed by atoms with van der Waals surface area (Å²) in [4.78, 5) is 69.3. The summed E-state index contributed by atoms with van der Waals surface area (Å²) in [6.07, 6.45) is 0.696. The highest BCUT2D eigenvalue weighted by atomic mass is 79.9. The lowest BCUT2D eigenvalue weighted by molar-refractivity contribution is -0.384. The van der Waals surface area contributed by atoms with E-state index in [0.29, 0.717) is 23.5 Å². The minimum atomic E-state index is -0.546. The fourth-order valence-corrected chi connectivity index (χ4v) is 11.5. The van der Waals surface area contributed by atoms with Gasteiger partial charge in [0, 0.05) is 43.9 Å². The van der Waals surface area contributed by atoms with Crippen LogP contribution in [0.25, 0.3) is 0 Å². The maximum absolute atomic E-state index is 14.1. The van der Waals surface area contributed by atoms with Crippen molar-refractivity contribution in [3.63, 3.8) is 0 Å². The van der Waals surface area contributed by atoms with Crippen LogP contribution in [-0.4, -0.2) is 39.5 Å². The summed E-state index contributed by atoms with van der Waals surface area (Å²) in [7, 11) is 0. The van der Waals surface area contributed by atoms with Crippen molar-refractivity contribution < 1.29 is 24.0 Å². The number of fused-ring (bicyclic) bond motifs is 9. The summed E-state index contributed by atoms with van der Waals surface area (Å²) >= 11 is 6.33. The fraction of sp³-hybridized carbons (Fsp3) is 0.294. The average Bonchev–Trinajstić information content (AvgIpc) is 3.80. The number of para-hydroxylation sites is 1. The van der Waals surface area contributed by atoms with Crippen LogP contribution >= 0.6 is 39.0 Å². The van der Waals surface area contributed by atoms with Gasteiger partial charge in [-0.15, -0.1) is 11.8 Å². The number of H-pyrrole nitrogens is 1. The summed E-state index contributed by atoms with van der Waals surface area (Å²) in [5.74, 6) is -2.11. The number of carbonyl (C=O) groups excluding carboxylic acids is 3. The number of anilines is 2. The molecule has 2 N–H and O–H groups in total. The van der Waals surface area contributed by atoms with E-state index in [4.69, 9.17) is 4.74 Å². The molecule has 2 bridgehead atoms. The number of hydrogen-bond acceptors (Lipinski definition) is 9. The number of rotatable bonds is 7. The van der Waals surface area contributed by atoms with Gasteiger partial charge in [0.2, 0.25) is 11.8 Å². The minimum absolute atomic E-state index is 0.0521. The van der Waals surface area contributed by atoms with Crippen molar-refractivity contribution in [3.05, 3.63) is 107 Å². The normalized spacial score (nSPS) is 26.6. The van der Waals surface area contributed by atoms with Crippen LogP contribution in [0, 0.1) is 46.6 Å². The summed E-state index contributed by atoms with van der Waals surface area (Å²) in [6.45, 7) is 1.68. The van der Waals surface area contributed by atoms with E-state index in [0.717, 1.165) is 36.8 Å². The number of benzene rings is 3. The molecule has 1 saturated heterocycles. The predicted molar refractivity (Wildman–Crippen MR) is 184 cm³/mol. The van der Waals surface area contributed by atoms with Crippen LogP contribution in [0.15, 0.2) is 81.0 Å². The maximum Gasteiger partial charge on any atom is 0.305 e. The van der Waals surface area contributed by atoms with Crippen molar-refractivity contribution in [2.45, 2.75) is 29.5 Å². The molecule has 244 valence electrons. The monoisotopic (exact) mass is 746 g/mol. The number of amides is 3. The number of ether oxygens (including phenoxy) is 1. The highest BCUT2D eigenvalue weighted by Crippen LogP contribution is 2.69. The Kier molecular flexibility index (Phi) is 7.57. The highest BCUT2D eigenvalue weighted by Gasteiger charge is 2.70. The first kappa shape index (κ1) is 31.0. The Labute approximate surface area is 290 Å². The number of imide groups is 1. The van der Waals surface area contributed by atoms with Crippen molar-refractivity contribution in [1.29, 1.82) is 0 Å². The number of thiazole rings is 1. The van der Waals surface area contributed by atoms with Gasteiger partial charge in [-0.25, -0.2) is 0 Å². The molecule has 14 heteroatoms. The van der Waals surface area contributed by atoms with Crippen LogP contribution in [-0.2, 0) is 14.4 Å². The molecule has 3 amide bonds. The molecule has 3 aromatic carbocycles.